The van der Waals surface area contributed by atoms with Crippen molar-refractivity contribution >= 4 is 5.91 Å². The highest BCUT2D eigenvalue weighted by Crippen LogP contribution is 2.27. The van der Waals surface area contributed by atoms with Gasteiger partial charge in [-0.15, -0.1) is 0 Å². The van der Waals surface area contributed by atoms with Gasteiger partial charge in [0.05, 0.1) is 6.54 Å². The number of carbonyl (C=O) groups is 1. The minimum absolute atomic E-state index is 0.0966. The van der Waals surface area contributed by atoms with Gasteiger partial charge in [-0.3, -0.25) is 4.79 Å². The molecule has 0 heterocycles. The topological polar surface area (TPSA) is 41.1 Å². The highest BCUT2D eigenvalue weighted by Gasteiger charge is 2.26. The summed E-state index contributed by atoms with van der Waals surface area (Å²) in [5.41, 5.74) is 0.0414. The van der Waals surface area contributed by atoms with Crippen LogP contribution in [0.25, 0.3) is 0 Å². The molecule has 1 amide bonds. The van der Waals surface area contributed by atoms with Gasteiger partial charge in [-0.25, -0.2) is 0 Å². The van der Waals surface area contributed by atoms with E-state index in [9.17, 15) is 4.79 Å². The molecule has 1 saturated carbocycles. The van der Waals surface area contributed by atoms with E-state index >= 15 is 0 Å². The molecule has 2 N–H and O–H groups in total. The third-order valence-corrected chi connectivity index (χ3v) is 3.15. The molecule has 3 nitrogen and oxygen atoms in total. The monoisotopic (exact) mass is 226 g/mol. The molecule has 0 radical (unpaired) electrons. The minimum Gasteiger partial charge on any atom is -0.350 e. The largest absolute Gasteiger partial charge is 0.350 e. The van der Waals surface area contributed by atoms with Gasteiger partial charge in [0.15, 0.2) is 0 Å². The fraction of sp³-hybridized carbons (Fsp3) is 0.923. The molecule has 94 valence electrons. The first-order valence-corrected chi connectivity index (χ1v) is 6.37. The maximum absolute atomic E-state index is 11.7. The number of hydrogen-bond acceptors (Lipinski definition) is 2. The first kappa shape index (κ1) is 13.5. The van der Waals surface area contributed by atoms with E-state index in [-0.39, 0.29) is 17.0 Å². The minimum atomic E-state index is -0.133. The molecule has 16 heavy (non-hydrogen) atoms. The predicted molar refractivity (Wildman–Crippen MR) is 67.4 cm³/mol. The molecule has 0 aliphatic heterocycles. The molecule has 1 aliphatic carbocycles. The van der Waals surface area contributed by atoms with Crippen LogP contribution in [0.5, 0.6) is 0 Å². The summed E-state index contributed by atoms with van der Waals surface area (Å²) < 4.78 is 0. The fourth-order valence-corrected chi connectivity index (χ4v) is 2.27. The van der Waals surface area contributed by atoms with E-state index in [2.05, 4.69) is 17.6 Å². The first-order valence-electron chi connectivity index (χ1n) is 6.37. The average molecular weight is 226 g/mol. The predicted octanol–water partition coefficient (Wildman–Crippen LogP) is 2.21. The standard InChI is InChI=1S/C13H26N2O/c1-12(2,3)15-11(16)10-14-13(4)8-6-5-7-9-13/h14H,5-10H2,1-4H3,(H,15,16). The molecule has 0 spiro atoms. The van der Waals surface area contributed by atoms with Gasteiger partial charge >= 0.3 is 0 Å². The van der Waals surface area contributed by atoms with E-state index in [1.807, 2.05) is 20.8 Å². The first-order chi connectivity index (χ1) is 7.31. The van der Waals surface area contributed by atoms with Crippen molar-refractivity contribution in [1.29, 1.82) is 0 Å². The summed E-state index contributed by atoms with van der Waals surface area (Å²) in [6.07, 6.45) is 6.28. The van der Waals surface area contributed by atoms with Crippen LogP contribution in [0.2, 0.25) is 0 Å². The molecule has 1 rings (SSSR count). The molecular formula is C13H26N2O. The van der Waals surface area contributed by atoms with Crippen LogP contribution in [-0.4, -0.2) is 23.5 Å². The van der Waals surface area contributed by atoms with E-state index in [4.69, 9.17) is 0 Å². The van der Waals surface area contributed by atoms with Gasteiger partial charge in [0.2, 0.25) is 5.91 Å². The molecule has 0 saturated heterocycles. The van der Waals surface area contributed by atoms with Crippen LogP contribution in [-0.2, 0) is 4.79 Å². The smallest absolute Gasteiger partial charge is 0.234 e. The molecule has 1 fully saturated rings. The maximum Gasteiger partial charge on any atom is 0.234 e. The van der Waals surface area contributed by atoms with Gasteiger partial charge in [-0.2, -0.15) is 0 Å². The van der Waals surface area contributed by atoms with Crippen molar-refractivity contribution in [3.05, 3.63) is 0 Å². The molecule has 0 atom stereocenters. The fourth-order valence-electron chi connectivity index (χ4n) is 2.27. The van der Waals surface area contributed by atoms with E-state index < -0.39 is 0 Å². The quantitative estimate of drug-likeness (QED) is 0.774. The lowest BCUT2D eigenvalue weighted by Crippen LogP contribution is -2.51. The second kappa shape index (κ2) is 5.17. The van der Waals surface area contributed by atoms with Gasteiger partial charge in [0, 0.05) is 11.1 Å². The Morgan fingerprint density at radius 1 is 1.19 bits per heavy atom. The van der Waals surface area contributed by atoms with Crippen LogP contribution < -0.4 is 10.6 Å². The summed E-state index contributed by atoms with van der Waals surface area (Å²) in [6.45, 7) is 8.69. The van der Waals surface area contributed by atoms with Crippen molar-refractivity contribution < 1.29 is 4.79 Å². The normalized spacial score (nSPS) is 20.5. The van der Waals surface area contributed by atoms with Crippen LogP contribution in [0.4, 0.5) is 0 Å². The van der Waals surface area contributed by atoms with E-state index in [0.29, 0.717) is 6.54 Å². The highest BCUT2D eigenvalue weighted by molar-refractivity contribution is 5.78. The van der Waals surface area contributed by atoms with Crippen molar-refractivity contribution in [2.45, 2.75) is 70.9 Å². The van der Waals surface area contributed by atoms with Crippen molar-refractivity contribution in [3.8, 4) is 0 Å². The van der Waals surface area contributed by atoms with Gasteiger partial charge in [-0.1, -0.05) is 19.3 Å². The molecule has 1 aliphatic rings. The third kappa shape index (κ3) is 4.97. The molecular weight excluding hydrogens is 200 g/mol. The molecule has 0 bridgehead atoms. The van der Waals surface area contributed by atoms with Crippen molar-refractivity contribution in [3.63, 3.8) is 0 Å². The lowest BCUT2D eigenvalue weighted by Gasteiger charge is -2.35. The van der Waals surface area contributed by atoms with E-state index in [0.717, 1.165) is 0 Å². The van der Waals surface area contributed by atoms with Gasteiger partial charge < -0.3 is 10.6 Å². The molecule has 3 heteroatoms. The Morgan fingerprint density at radius 3 is 2.25 bits per heavy atom. The number of rotatable bonds is 3. The van der Waals surface area contributed by atoms with Crippen LogP contribution >= 0.6 is 0 Å². The summed E-state index contributed by atoms with van der Waals surface area (Å²) >= 11 is 0. The maximum atomic E-state index is 11.7. The zero-order valence-electron chi connectivity index (χ0n) is 11.2. The Bertz CT molecular complexity index is 237. The number of amides is 1. The zero-order chi connectivity index (χ0) is 12.2. The van der Waals surface area contributed by atoms with Crippen LogP contribution in [0.1, 0.15) is 59.8 Å². The molecule has 0 aromatic carbocycles. The molecule has 0 unspecified atom stereocenters. The van der Waals surface area contributed by atoms with E-state index in [1.54, 1.807) is 0 Å². The van der Waals surface area contributed by atoms with Gasteiger partial charge in [0.1, 0.15) is 0 Å². The van der Waals surface area contributed by atoms with Crippen molar-refractivity contribution in [2.24, 2.45) is 0 Å². The third-order valence-electron chi connectivity index (χ3n) is 3.15. The van der Waals surface area contributed by atoms with E-state index in [1.165, 1.54) is 32.1 Å². The Kier molecular flexibility index (Phi) is 4.36. The summed E-state index contributed by atoms with van der Waals surface area (Å²) in [4.78, 5) is 11.7. The Balaban J connectivity index is 2.30. The lowest BCUT2D eigenvalue weighted by molar-refractivity contribution is -0.122. The summed E-state index contributed by atoms with van der Waals surface area (Å²) in [7, 11) is 0. The number of hydrogen-bond donors (Lipinski definition) is 2. The van der Waals surface area contributed by atoms with Crippen molar-refractivity contribution in [1.82, 2.24) is 10.6 Å². The molecule has 0 aromatic rings. The molecule has 0 aromatic heterocycles. The Labute approximate surface area is 99.4 Å². The summed E-state index contributed by atoms with van der Waals surface area (Å²) in [6, 6.07) is 0. The SMILES string of the molecule is CC(C)(C)NC(=O)CNC1(C)CCCCC1. The van der Waals surface area contributed by atoms with Gasteiger partial charge in [0.25, 0.3) is 0 Å². The summed E-state index contributed by atoms with van der Waals surface area (Å²) in [5.74, 6) is 0.0966. The van der Waals surface area contributed by atoms with Crippen LogP contribution in [0.3, 0.4) is 0 Å². The Hall–Kier alpha value is -0.570. The number of nitrogens with one attached hydrogen (secondary N) is 2. The highest BCUT2D eigenvalue weighted by atomic mass is 16.2. The second-order valence-corrected chi connectivity index (χ2v) is 6.27. The second-order valence-electron chi connectivity index (χ2n) is 6.27. The summed E-state index contributed by atoms with van der Waals surface area (Å²) in [5, 5.41) is 6.38. The zero-order valence-corrected chi connectivity index (χ0v) is 11.2. The number of carbonyl (C=O) groups excluding carboxylic acids is 1. The van der Waals surface area contributed by atoms with Crippen LogP contribution in [0, 0.1) is 0 Å². The lowest BCUT2D eigenvalue weighted by atomic mass is 9.83. The van der Waals surface area contributed by atoms with Crippen molar-refractivity contribution in [2.75, 3.05) is 6.54 Å². The van der Waals surface area contributed by atoms with Crippen LogP contribution in [0.15, 0.2) is 0 Å². The average Bonchev–Trinajstić information content (AvgIpc) is 2.14. The van der Waals surface area contributed by atoms with Gasteiger partial charge in [-0.05, 0) is 40.5 Å². The Morgan fingerprint density at radius 2 is 1.75 bits per heavy atom.